The van der Waals surface area contributed by atoms with Gasteiger partial charge in [-0.05, 0) is 52.0 Å². The van der Waals surface area contributed by atoms with Gasteiger partial charge in [-0.15, -0.1) is 11.3 Å². The Labute approximate surface area is 131 Å². The van der Waals surface area contributed by atoms with Crippen molar-refractivity contribution in [1.82, 2.24) is 9.80 Å². The molecule has 2 heterocycles. The quantitative estimate of drug-likeness (QED) is 0.905. The van der Waals surface area contributed by atoms with Crippen LogP contribution in [0.25, 0.3) is 0 Å². The van der Waals surface area contributed by atoms with E-state index in [1.165, 1.54) is 17.7 Å². The highest BCUT2D eigenvalue weighted by atomic mass is 35.5. The van der Waals surface area contributed by atoms with Crippen LogP contribution < -0.4 is 5.73 Å². The van der Waals surface area contributed by atoms with Crippen molar-refractivity contribution in [2.75, 3.05) is 27.2 Å². The fraction of sp³-hybridized carbons (Fsp3) is 0.733. The molecular weight excluding hydrogens is 290 g/mol. The third-order valence-electron chi connectivity index (χ3n) is 4.31. The van der Waals surface area contributed by atoms with Gasteiger partial charge in [-0.25, -0.2) is 0 Å². The summed E-state index contributed by atoms with van der Waals surface area (Å²) in [5.74, 6) is 0. The van der Waals surface area contributed by atoms with Crippen LogP contribution in [0.5, 0.6) is 0 Å². The molecule has 1 aromatic heterocycles. The van der Waals surface area contributed by atoms with Crippen LogP contribution in [0.15, 0.2) is 12.1 Å². The molecule has 0 bridgehead atoms. The number of rotatable bonds is 5. The molecule has 1 aliphatic rings. The van der Waals surface area contributed by atoms with E-state index in [1.54, 1.807) is 11.3 Å². The maximum absolute atomic E-state index is 6.42. The summed E-state index contributed by atoms with van der Waals surface area (Å²) in [5.41, 5.74) is 6.42. The van der Waals surface area contributed by atoms with Crippen molar-refractivity contribution < 1.29 is 0 Å². The van der Waals surface area contributed by atoms with Crippen molar-refractivity contribution in [3.63, 3.8) is 0 Å². The van der Waals surface area contributed by atoms with Gasteiger partial charge in [0.2, 0.25) is 0 Å². The molecule has 114 valence electrons. The minimum Gasteiger partial charge on any atom is -0.326 e. The van der Waals surface area contributed by atoms with Gasteiger partial charge in [0.25, 0.3) is 0 Å². The van der Waals surface area contributed by atoms with E-state index in [0.717, 1.165) is 23.8 Å². The molecule has 3 atom stereocenters. The van der Waals surface area contributed by atoms with Crippen LogP contribution >= 0.6 is 22.9 Å². The van der Waals surface area contributed by atoms with Crippen LogP contribution in [-0.2, 0) is 0 Å². The van der Waals surface area contributed by atoms with Crippen molar-refractivity contribution in [1.29, 1.82) is 0 Å². The number of hydrogen-bond acceptors (Lipinski definition) is 4. The van der Waals surface area contributed by atoms with Gasteiger partial charge in [0.1, 0.15) is 0 Å². The van der Waals surface area contributed by atoms with Gasteiger partial charge in [0.15, 0.2) is 0 Å². The molecule has 1 aliphatic heterocycles. The van der Waals surface area contributed by atoms with Crippen molar-refractivity contribution in [2.24, 2.45) is 5.73 Å². The Morgan fingerprint density at radius 2 is 2.25 bits per heavy atom. The maximum Gasteiger partial charge on any atom is 0.0931 e. The minimum absolute atomic E-state index is 0.172. The van der Waals surface area contributed by atoms with Gasteiger partial charge < -0.3 is 10.6 Å². The first-order valence-electron chi connectivity index (χ1n) is 7.44. The van der Waals surface area contributed by atoms with Crippen LogP contribution in [-0.4, -0.2) is 49.1 Å². The van der Waals surface area contributed by atoms with E-state index in [2.05, 4.69) is 36.9 Å². The summed E-state index contributed by atoms with van der Waals surface area (Å²) >= 11 is 7.79. The Balaban J connectivity index is 2.18. The van der Waals surface area contributed by atoms with Crippen LogP contribution in [0.3, 0.4) is 0 Å². The number of thiophene rings is 1. The normalized spacial score (nSPS) is 24.0. The molecule has 20 heavy (non-hydrogen) atoms. The van der Waals surface area contributed by atoms with Crippen LogP contribution in [0.2, 0.25) is 4.34 Å². The third-order valence-corrected chi connectivity index (χ3v) is 5.62. The minimum atomic E-state index is 0.172. The number of likely N-dealkylation sites (N-methyl/N-ethyl adjacent to an activating group) is 1. The predicted octanol–water partition coefficient (Wildman–Crippen LogP) is 3.21. The number of nitrogens with two attached hydrogens (primary N) is 1. The zero-order valence-electron chi connectivity index (χ0n) is 12.7. The van der Waals surface area contributed by atoms with Crippen LogP contribution in [0.1, 0.15) is 37.1 Å². The maximum atomic E-state index is 6.42. The highest BCUT2D eigenvalue weighted by Gasteiger charge is 2.31. The van der Waals surface area contributed by atoms with Crippen molar-refractivity contribution >= 4 is 22.9 Å². The predicted molar refractivity (Wildman–Crippen MR) is 88.6 cm³/mol. The number of hydrogen-bond donors (Lipinski definition) is 1. The van der Waals surface area contributed by atoms with E-state index in [9.17, 15) is 0 Å². The first-order chi connectivity index (χ1) is 9.52. The molecule has 0 radical (unpaired) electrons. The Bertz CT molecular complexity index is 421. The SMILES string of the molecule is CCC(N)C(c1ccc(Cl)s1)N1CCCC(N(C)C)C1. The largest absolute Gasteiger partial charge is 0.326 e. The molecule has 1 saturated heterocycles. The summed E-state index contributed by atoms with van der Waals surface area (Å²) in [7, 11) is 4.34. The molecule has 0 spiro atoms. The summed E-state index contributed by atoms with van der Waals surface area (Å²) in [4.78, 5) is 6.20. The van der Waals surface area contributed by atoms with Crippen LogP contribution in [0, 0.1) is 0 Å². The monoisotopic (exact) mass is 315 g/mol. The molecular formula is C15H26ClN3S. The fourth-order valence-electron chi connectivity index (χ4n) is 3.03. The number of piperidine rings is 1. The average Bonchev–Trinajstić information content (AvgIpc) is 2.85. The molecule has 1 fully saturated rings. The third kappa shape index (κ3) is 3.74. The summed E-state index contributed by atoms with van der Waals surface area (Å²) in [6, 6.07) is 5.24. The van der Waals surface area contributed by atoms with Gasteiger partial charge in [-0.1, -0.05) is 18.5 Å². The van der Waals surface area contributed by atoms with Crippen LogP contribution in [0.4, 0.5) is 0 Å². The van der Waals surface area contributed by atoms with Crippen molar-refractivity contribution in [3.05, 3.63) is 21.3 Å². The molecule has 0 aliphatic carbocycles. The molecule has 2 N–H and O–H groups in total. The Kier molecular flexibility index (Phi) is 5.87. The first kappa shape index (κ1) is 16.2. The molecule has 2 rings (SSSR count). The summed E-state index contributed by atoms with van der Waals surface area (Å²) < 4.78 is 0.856. The molecule has 5 heteroatoms. The Hall–Kier alpha value is -0.130. The second kappa shape index (κ2) is 7.23. The topological polar surface area (TPSA) is 32.5 Å². The molecule has 0 saturated carbocycles. The molecule has 0 amide bonds. The smallest absolute Gasteiger partial charge is 0.0931 e. The number of likely N-dealkylation sites (tertiary alicyclic amines) is 1. The van der Waals surface area contributed by atoms with E-state index in [0.29, 0.717) is 12.1 Å². The van der Waals surface area contributed by atoms with E-state index in [-0.39, 0.29) is 6.04 Å². The lowest BCUT2D eigenvalue weighted by atomic mass is 9.97. The fourth-order valence-corrected chi connectivity index (χ4v) is 4.30. The van der Waals surface area contributed by atoms with E-state index in [1.807, 2.05) is 6.07 Å². The molecule has 3 nitrogen and oxygen atoms in total. The van der Waals surface area contributed by atoms with E-state index < -0.39 is 0 Å². The molecule has 3 unspecified atom stereocenters. The highest BCUT2D eigenvalue weighted by Crippen LogP contribution is 2.34. The number of halogens is 1. The van der Waals surface area contributed by atoms with Crippen molar-refractivity contribution in [3.8, 4) is 0 Å². The lowest BCUT2D eigenvalue weighted by Gasteiger charge is -2.42. The lowest BCUT2D eigenvalue weighted by Crippen LogP contribution is -2.50. The lowest BCUT2D eigenvalue weighted by molar-refractivity contribution is 0.0847. The summed E-state index contributed by atoms with van der Waals surface area (Å²) in [6.45, 7) is 4.40. The Morgan fingerprint density at radius 3 is 2.80 bits per heavy atom. The van der Waals surface area contributed by atoms with Gasteiger partial charge in [0, 0.05) is 23.5 Å². The zero-order chi connectivity index (χ0) is 14.7. The highest BCUT2D eigenvalue weighted by molar-refractivity contribution is 7.16. The zero-order valence-corrected chi connectivity index (χ0v) is 14.3. The van der Waals surface area contributed by atoms with Gasteiger partial charge >= 0.3 is 0 Å². The van der Waals surface area contributed by atoms with Gasteiger partial charge in [-0.2, -0.15) is 0 Å². The van der Waals surface area contributed by atoms with Crippen molar-refractivity contribution in [2.45, 2.75) is 44.3 Å². The van der Waals surface area contributed by atoms with Gasteiger partial charge in [-0.3, -0.25) is 4.90 Å². The number of nitrogens with zero attached hydrogens (tertiary/aromatic N) is 2. The molecule has 0 aromatic carbocycles. The van der Waals surface area contributed by atoms with E-state index in [4.69, 9.17) is 17.3 Å². The summed E-state index contributed by atoms with van der Waals surface area (Å²) in [6.07, 6.45) is 3.51. The summed E-state index contributed by atoms with van der Waals surface area (Å²) in [5, 5.41) is 0. The second-order valence-corrected chi connectivity index (χ2v) is 7.66. The van der Waals surface area contributed by atoms with Gasteiger partial charge in [0.05, 0.1) is 10.4 Å². The second-order valence-electron chi connectivity index (χ2n) is 5.91. The standard InChI is InChI=1S/C15H26ClN3S/c1-4-12(17)15(13-7-8-14(16)20-13)19-9-5-6-11(10-19)18(2)3/h7-8,11-12,15H,4-6,9-10,17H2,1-3H3. The molecule has 1 aromatic rings. The average molecular weight is 316 g/mol. The first-order valence-corrected chi connectivity index (χ1v) is 8.63. The Morgan fingerprint density at radius 1 is 1.50 bits per heavy atom. The van der Waals surface area contributed by atoms with E-state index >= 15 is 0 Å².